The molecular formula is C10H17N3O2S. The van der Waals surface area contributed by atoms with Gasteiger partial charge in [0.1, 0.15) is 0 Å². The Kier molecular flexibility index (Phi) is 4.35. The molecule has 1 N–H and O–H groups in total. The number of amides is 1. The van der Waals surface area contributed by atoms with E-state index in [0.717, 1.165) is 18.6 Å². The number of rotatable bonds is 3. The van der Waals surface area contributed by atoms with Crippen molar-refractivity contribution in [1.82, 2.24) is 5.32 Å². The minimum atomic E-state index is -0.577. The van der Waals surface area contributed by atoms with Crippen LogP contribution < -0.4 is 5.32 Å². The van der Waals surface area contributed by atoms with E-state index in [4.69, 9.17) is 0 Å². The van der Waals surface area contributed by atoms with E-state index >= 15 is 0 Å². The van der Waals surface area contributed by atoms with Gasteiger partial charge in [-0.3, -0.25) is 4.84 Å². The molecule has 6 heteroatoms. The summed E-state index contributed by atoms with van der Waals surface area (Å²) in [6.07, 6.45) is 1.28. The number of hydrogen-bond donors (Lipinski definition) is 1. The van der Waals surface area contributed by atoms with E-state index < -0.39 is 6.09 Å². The number of carbonyl (C=O) groups excluding carboxylic acids is 1. The smallest absolute Gasteiger partial charge is 0.323 e. The van der Waals surface area contributed by atoms with Crippen LogP contribution in [0.2, 0.25) is 0 Å². The highest BCUT2D eigenvalue weighted by Crippen LogP contribution is 2.38. The zero-order valence-electron chi connectivity index (χ0n) is 10.0. The topological polar surface area (TPSA) is 63.1 Å². The van der Waals surface area contributed by atoms with Gasteiger partial charge in [0.25, 0.3) is 0 Å². The van der Waals surface area contributed by atoms with Crippen LogP contribution in [0.4, 0.5) is 4.79 Å². The summed E-state index contributed by atoms with van der Waals surface area (Å²) in [4.78, 5) is 19.8. The molecule has 0 aromatic carbocycles. The second kappa shape index (κ2) is 5.34. The molecule has 1 unspecified atom stereocenters. The lowest BCUT2D eigenvalue weighted by atomic mass is 10.00. The van der Waals surface area contributed by atoms with Crippen molar-refractivity contribution in [3.63, 3.8) is 0 Å². The molecule has 1 atom stereocenters. The number of nitrogens with zero attached hydrogens (tertiary/aromatic N) is 2. The number of amidine groups is 1. The van der Waals surface area contributed by atoms with E-state index in [-0.39, 0.29) is 4.75 Å². The maximum Gasteiger partial charge on any atom is 0.433 e. The molecule has 0 bridgehead atoms. The van der Waals surface area contributed by atoms with Gasteiger partial charge < -0.3 is 5.32 Å². The van der Waals surface area contributed by atoms with Crippen LogP contribution in [0.15, 0.2) is 10.1 Å². The fourth-order valence-corrected chi connectivity index (χ4v) is 2.50. The molecule has 5 nitrogen and oxygen atoms in total. The summed E-state index contributed by atoms with van der Waals surface area (Å²) in [5.41, 5.74) is 1.10. The minimum absolute atomic E-state index is 0.0143. The molecule has 1 rings (SSSR count). The zero-order chi connectivity index (χ0) is 12.2. The first kappa shape index (κ1) is 13.0. The van der Waals surface area contributed by atoms with Gasteiger partial charge in [0.2, 0.25) is 5.17 Å². The van der Waals surface area contributed by atoms with Gasteiger partial charge in [-0.2, -0.15) is 0 Å². The molecule has 0 saturated heterocycles. The van der Waals surface area contributed by atoms with Gasteiger partial charge in [0.05, 0.1) is 4.75 Å². The van der Waals surface area contributed by atoms with Gasteiger partial charge in [0.15, 0.2) is 0 Å². The first-order chi connectivity index (χ1) is 7.55. The maximum absolute atomic E-state index is 10.9. The number of oxime groups is 1. The van der Waals surface area contributed by atoms with Gasteiger partial charge in [-0.1, -0.05) is 25.6 Å². The third kappa shape index (κ3) is 2.75. The average molecular weight is 243 g/mol. The maximum atomic E-state index is 10.9. The summed E-state index contributed by atoms with van der Waals surface area (Å²) in [5, 5.41) is 6.56. The first-order valence-corrected chi connectivity index (χ1v) is 6.11. The Morgan fingerprint density at radius 3 is 2.75 bits per heavy atom. The molecule has 1 amide bonds. The van der Waals surface area contributed by atoms with Crippen LogP contribution in [0.5, 0.6) is 0 Å². The van der Waals surface area contributed by atoms with Crippen molar-refractivity contribution in [3.05, 3.63) is 0 Å². The highest BCUT2D eigenvalue weighted by Gasteiger charge is 2.36. The fourth-order valence-electron chi connectivity index (χ4n) is 1.41. The number of nitrogens with one attached hydrogen (secondary N) is 1. The van der Waals surface area contributed by atoms with Crippen LogP contribution in [-0.4, -0.2) is 28.8 Å². The van der Waals surface area contributed by atoms with E-state index in [1.54, 1.807) is 0 Å². The largest absolute Gasteiger partial charge is 0.433 e. The standard InChI is InChI=1S/C10H17N3O2S/c1-5-7-10(3,6-2)16-8(12-7)13-15-9(14)11-4/h5-6H2,1-4H3,(H,11,14). The Labute approximate surface area is 99.7 Å². The lowest BCUT2D eigenvalue weighted by molar-refractivity contribution is 0.153. The summed E-state index contributed by atoms with van der Waals surface area (Å²) in [6, 6.07) is 0. The van der Waals surface area contributed by atoms with E-state index in [1.165, 1.54) is 18.8 Å². The second-order valence-electron chi connectivity index (χ2n) is 3.60. The third-order valence-corrected chi connectivity index (χ3v) is 3.90. The highest BCUT2D eigenvalue weighted by molar-refractivity contribution is 8.16. The van der Waals surface area contributed by atoms with Gasteiger partial charge >= 0.3 is 6.09 Å². The van der Waals surface area contributed by atoms with Gasteiger partial charge in [-0.15, -0.1) is 0 Å². The molecule has 0 aromatic heterocycles. The van der Waals surface area contributed by atoms with Crippen LogP contribution >= 0.6 is 11.8 Å². The van der Waals surface area contributed by atoms with Crippen molar-refractivity contribution in [3.8, 4) is 0 Å². The van der Waals surface area contributed by atoms with Gasteiger partial charge in [-0.05, 0) is 24.9 Å². The molecular weight excluding hydrogens is 226 g/mol. The fraction of sp³-hybridized carbons (Fsp3) is 0.700. The predicted octanol–water partition coefficient (Wildman–Crippen LogP) is 2.38. The minimum Gasteiger partial charge on any atom is -0.323 e. The summed E-state index contributed by atoms with van der Waals surface area (Å²) in [6.45, 7) is 6.30. The van der Waals surface area contributed by atoms with Crippen LogP contribution in [0.3, 0.4) is 0 Å². The SMILES string of the molecule is CCC1=NC(=NOC(=O)NC)SC1(C)CC. The molecule has 1 aliphatic rings. The summed E-state index contributed by atoms with van der Waals surface area (Å²) < 4.78 is -0.0143. The van der Waals surface area contributed by atoms with Crippen molar-refractivity contribution >= 4 is 28.7 Å². The molecule has 0 aliphatic carbocycles. The molecule has 1 aliphatic heterocycles. The summed E-state index contributed by atoms with van der Waals surface area (Å²) in [5.74, 6) is 0. The molecule has 16 heavy (non-hydrogen) atoms. The molecule has 0 aromatic rings. The van der Waals surface area contributed by atoms with Crippen molar-refractivity contribution in [2.75, 3.05) is 7.05 Å². The van der Waals surface area contributed by atoms with Crippen LogP contribution in [-0.2, 0) is 4.84 Å². The van der Waals surface area contributed by atoms with E-state index in [9.17, 15) is 4.79 Å². The van der Waals surface area contributed by atoms with Crippen LogP contribution in [0.1, 0.15) is 33.6 Å². The zero-order valence-corrected chi connectivity index (χ0v) is 10.8. The third-order valence-electron chi connectivity index (χ3n) is 2.58. The summed E-state index contributed by atoms with van der Waals surface area (Å²) in [7, 11) is 1.49. The van der Waals surface area contributed by atoms with Gasteiger partial charge in [0, 0.05) is 12.8 Å². The van der Waals surface area contributed by atoms with E-state index in [0.29, 0.717) is 5.17 Å². The van der Waals surface area contributed by atoms with Crippen molar-refractivity contribution in [2.45, 2.75) is 38.4 Å². The lowest BCUT2D eigenvalue weighted by Gasteiger charge is -2.21. The average Bonchev–Trinajstić information content (AvgIpc) is 2.63. The predicted molar refractivity (Wildman–Crippen MR) is 67.0 cm³/mol. The Balaban J connectivity index is 2.74. The number of carbonyl (C=O) groups is 1. The van der Waals surface area contributed by atoms with E-state index in [1.807, 2.05) is 0 Å². The van der Waals surface area contributed by atoms with Crippen LogP contribution in [0.25, 0.3) is 0 Å². The molecule has 0 spiro atoms. The molecule has 0 saturated carbocycles. The van der Waals surface area contributed by atoms with Crippen molar-refractivity contribution in [2.24, 2.45) is 10.1 Å². The normalized spacial score (nSPS) is 26.8. The molecule has 90 valence electrons. The Morgan fingerprint density at radius 1 is 1.62 bits per heavy atom. The number of hydrogen-bond acceptors (Lipinski definition) is 4. The summed E-state index contributed by atoms with van der Waals surface area (Å²) >= 11 is 1.54. The Bertz CT molecular complexity index is 341. The quantitative estimate of drug-likeness (QED) is 0.611. The van der Waals surface area contributed by atoms with Gasteiger partial charge in [-0.25, -0.2) is 9.79 Å². The monoisotopic (exact) mass is 243 g/mol. The molecule has 0 radical (unpaired) electrons. The van der Waals surface area contributed by atoms with E-state index in [2.05, 4.69) is 41.1 Å². The number of aliphatic imine (C=N–C) groups is 1. The highest BCUT2D eigenvalue weighted by atomic mass is 32.2. The van der Waals surface area contributed by atoms with Crippen LogP contribution in [0, 0.1) is 0 Å². The lowest BCUT2D eigenvalue weighted by Crippen LogP contribution is -2.26. The van der Waals surface area contributed by atoms with Crippen molar-refractivity contribution in [1.29, 1.82) is 0 Å². The second-order valence-corrected chi connectivity index (χ2v) is 5.07. The van der Waals surface area contributed by atoms with Crippen molar-refractivity contribution < 1.29 is 9.63 Å². The molecule has 0 fully saturated rings. The Morgan fingerprint density at radius 2 is 2.31 bits per heavy atom. The molecule has 1 heterocycles. The first-order valence-electron chi connectivity index (χ1n) is 5.29. The Hall–Kier alpha value is -1.04. The number of thioether (sulfide) groups is 1.